The van der Waals surface area contributed by atoms with E-state index in [9.17, 15) is 13.0 Å². The summed E-state index contributed by atoms with van der Waals surface area (Å²) in [6.45, 7) is 6.38. The molecule has 0 bridgehead atoms. The van der Waals surface area contributed by atoms with E-state index in [1.165, 1.54) is 18.4 Å². The molecule has 0 fully saturated rings. The van der Waals surface area contributed by atoms with Crippen LogP contribution in [0, 0.1) is 0 Å². The van der Waals surface area contributed by atoms with Gasteiger partial charge in [-0.2, -0.15) is 8.42 Å². The second-order valence-electron chi connectivity index (χ2n) is 6.37. The van der Waals surface area contributed by atoms with E-state index < -0.39 is 10.1 Å². The van der Waals surface area contributed by atoms with E-state index in [4.69, 9.17) is 0 Å². The van der Waals surface area contributed by atoms with Crippen molar-refractivity contribution >= 4 is 10.1 Å². The quantitative estimate of drug-likeness (QED) is 0.436. The van der Waals surface area contributed by atoms with Crippen LogP contribution < -0.4 is 0 Å². The predicted octanol–water partition coefficient (Wildman–Crippen LogP) is 5.35. The topological polar surface area (TPSA) is 54.4 Å². The highest BCUT2D eigenvalue weighted by Gasteiger charge is 2.18. The van der Waals surface area contributed by atoms with Crippen LogP contribution in [0.15, 0.2) is 17.0 Å². The predicted molar refractivity (Wildman–Crippen MR) is 96.7 cm³/mol. The van der Waals surface area contributed by atoms with Crippen LogP contribution in [0.5, 0.6) is 0 Å². The molecule has 1 aromatic carbocycles. The van der Waals surface area contributed by atoms with Gasteiger partial charge in [-0.05, 0) is 54.9 Å². The Morgan fingerprint density at radius 3 is 1.70 bits per heavy atom. The summed E-state index contributed by atoms with van der Waals surface area (Å²) in [6, 6.07) is 3.76. The molecule has 4 heteroatoms. The molecule has 23 heavy (non-hydrogen) atoms. The van der Waals surface area contributed by atoms with Crippen molar-refractivity contribution in [3.05, 3.63) is 28.8 Å². The largest absolute Gasteiger partial charge is 0.294 e. The van der Waals surface area contributed by atoms with Crippen LogP contribution in [0.3, 0.4) is 0 Å². The molecule has 0 saturated carbocycles. The van der Waals surface area contributed by atoms with Gasteiger partial charge in [0.2, 0.25) is 0 Å². The minimum absolute atomic E-state index is 0.116. The highest BCUT2D eigenvalue weighted by Crippen LogP contribution is 2.26. The Balaban J connectivity index is 3.19. The first-order valence-electron chi connectivity index (χ1n) is 9.06. The summed E-state index contributed by atoms with van der Waals surface area (Å²) >= 11 is 0. The van der Waals surface area contributed by atoms with Gasteiger partial charge in [0.05, 0.1) is 4.90 Å². The van der Waals surface area contributed by atoms with E-state index in [0.717, 1.165) is 56.1 Å². The smallest absolute Gasteiger partial charge is 0.282 e. The molecule has 0 amide bonds. The third-order valence-corrected chi connectivity index (χ3v) is 5.22. The van der Waals surface area contributed by atoms with Crippen molar-refractivity contribution in [3.63, 3.8) is 0 Å². The molecular weight excluding hydrogens is 308 g/mol. The zero-order valence-electron chi connectivity index (χ0n) is 14.9. The molecule has 0 radical (unpaired) electrons. The molecule has 0 aromatic heterocycles. The highest BCUT2D eigenvalue weighted by atomic mass is 32.2. The molecule has 0 atom stereocenters. The van der Waals surface area contributed by atoms with Crippen molar-refractivity contribution in [1.82, 2.24) is 0 Å². The van der Waals surface area contributed by atoms with Crippen LogP contribution in [0.1, 0.15) is 82.4 Å². The van der Waals surface area contributed by atoms with E-state index >= 15 is 0 Å². The van der Waals surface area contributed by atoms with Crippen molar-refractivity contribution in [3.8, 4) is 0 Å². The van der Waals surface area contributed by atoms with Crippen LogP contribution >= 0.6 is 0 Å². The molecule has 0 aliphatic rings. The molecular formula is C19H32O3S. The van der Waals surface area contributed by atoms with E-state index in [0.29, 0.717) is 6.42 Å². The fourth-order valence-corrected chi connectivity index (χ4v) is 3.80. The third-order valence-electron chi connectivity index (χ3n) is 4.28. The van der Waals surface area contributed by atoms with Crippen molar-refractivity contribution in [2.45, 2.75) is 89.9 Å². The van der Waals surface area contributed by atoms with E-state index in [1.54, 1.807) is 6.07 Å². The van der Waals surface area contributed by atoms with Crippen LogP contribution in [0.4, 0.5) is 0 Å². The van der Waals surface area contributed by atoms with Crippen LogP contribution in [-0.4, -0.2) is 13.0 Å². The Hall–Kier alpha value is -0.870. The second kappa shape index (κ2) is 10.1. The Morgan fingerprint density at radius 1 is 0.739 bits per heavy atom. The lowest BCUT2D eigenvalue weighted by molar-refractivity contribution is 0.481. The summed E-state index contributed by atoms with van der Waals surface area (Å²) in [6.07, 6.45) is 10.3. The standard InChI is InChI=1S/C19H32O3S/c1-4-7-9-12-16-14-18(11-6-3)19(23(20,21)22)15-17(16)13-10-8-5-2/h14-15H,4-13H2,1-3H3,(H,20,21,22). The van der Waals surface area contributed by atoms with Gasteiger partial charge in [0.25, 0.3) is 10.1 Å². The molecule has 132 valence electrons. The third kappa shape index (κ3) is 6.64. The normalized spacial score (nSPS) is 11.8. The lowest BCUT2D eigenvalue weighted by atomic mass is 9.94. The lowest BCUT2D eigenvalue weighted by Crippen LogP contribution is -2.07. The van der Waals surface area contributed by atoms with Crippen LogP contribution in [0.2, 0.25) is 0 Å². The number of rotatable bonds is 11. The summed E-state index contributed by atoms with van der Waals surface area (Å²) in [7, 11) is -4.15. The van der Waals surface area contributed by atoms with Gasteiger partial charge in [0.1, 0.15) is 0 Å². The van der Waals surface area contributed by atoms with Gasteiger partial charge in [0, 0.05) is 0 Å². The molecule has 0 spiro atoms. The molecule has 1 rings (SSSR count). The summed E-state index contributed by atoms with van der Waals surface area (Å²) in [5.74, 6) is 0. The maximum atomic E-state index is 11.7. The van der Waals surface area contributed by atoms with Crippen molar-refractivity contribution < 1.29 is 13.0 Å². The maximum Gasteiger partial charge on any atom is 0.294 e. The van der Waals surface area contributed by atoms with Crippen molar-refractivity contribution in [1.29, 1.82) is 0 Å². The van der Waals surface area contributed by atoms with Gasteiger partial charge in [-0.15, -0.1) is 0 Å². The molecule has 0 heterocycles. The lowest BCUT2D eigenvalue weighted by Gasteiger charge is -2.15. The first-order chi connectivity index (χ1) is 10.9. The van der Waals surface area contributed by atoms with E-state index in [1.807, 2.05) is 13.0 Å². The Kier molecular flexibility index (Phi) is 8.85. The molecule has 1 aromatic rings. The average Bonchev–Trinajstić information content (AvgIpc) is 2.48. The summed E-state index contributed by atoms with van der Waals surface area (Å²) < 4.78 is 33.0. The first kappa shape index (κ1) is 20.2. The number of unbranched alkanes of at least 4 members (excludes halogenated alkanes) is 4. The maximum absolute atomic E-state index is 11.7. The SMILES string of the molecule is CCCCCc1cc(CCC)c(S(=O)(=O)O)cc1CCCCC. The van der Waals surface area contributed by atoms with Crippen LogP contribution in [0.25, 0.3) is 0 Å². The van der Waals surface area contributed by atoms with Gasteiger partial charge in [-0.3, -0.25) is 4.55 Å². The monoisotopic (exact) mass is 340 g/mol. The molecule has 0 aliphatic heterocycles. The van der Waals surface area contributed by atoms with Gasteiger partial charge < -0.3 is 0 Å². The molecule has 0 saturated heterocycles. The number of hydrogen-bond donors (Lipinski definition) is 1. The Labute approximate surface area is 142 Å². The van der Waals surface area contributed by atoms with E-state index in [2.05, 4.69) is 13.8 Å². The zero-order chi connectivity index (χ0) is 17.3. The second-order valence-corrected chi connectivity index (χ2v) is 7.76. The van der Waals surface area contributed by atoms with Gasteiger partial charge in [0.15, 0.2) is 0 Å². The number of aryl methyl sites for hydroxylation is 3. The van der Waals surface area contributed by atoms with Crippen LogP contribution in [-0.2, 0) is 29.4 Å². The fraction of sp³-hybridized carbons (Fsp3) is 0.684. The molecule has 1 N–H and O–H groups in total. The zero-order valence-corrected chi connectivity index (χ0v) is 15.7. The van der Waals surface area contributed by atoms with Gasteiger partial charge in [-0.1, -0.05) is 58.9 Å². The molecule has 0 unspecified atom stereocenters. The van der Waals surface area contributed by atoms with Gasteiger partial charge in [-0.25, -0.2) is 0 Å². The molecule has 0 aliphatic carbocycles. The fourth-order valence-electron chi connectivity index (χ4n) is 3.02. The number of hydrogen-bond acceptors (Lipinski definition) is 2. The minimum atomic E-state index is -4.15. The Bertz CT molecular complexity index is 577. The van der Waals surface area contributed by atoms with E-state index in [-0.39, 0.29) is 4.90 Å². The van der Waals surface area contributed by atoms with Crippen molar-refractivity contribution in [2.24, 2.45) is 0 Å². The highest BCUT2D eigenvalue weighted by molar-refractivity contribution is 7.85. The number of benzene rings is 1. The summed E-state index contributed by atoms with van der Waals surface area (Å²) in [5, 5.41) is 0. The summed E-state index contributed by atoms with van der Waals surface area (Å²) in [5.41, 5.74) is 3.13. The molecule has 3 nitrogen and oxygen atoms in total. The minimum Gasteiger partial charge on any atom is -0.282 e. The van der Waals surface area contributed by atoms with Gasteiger partial charge >= 0.3 is 0 Å². The first-order valence-corrected chi connectivity index (χ1v) is 10.5. The van der Waals surface area contributed by atoms with Crippen molar-refractivity contribution in [2.75, 3.05) is 0 Å². The summed E-state index contributed by atoms with van der Waals surface area (Å²) in [4.78, 5) is 0.116. The average molecular weight is 341 g/mol. The Morgan fingerprint density at radius 2 is 1.26 bits per heavy atom.